The minimum atomic E-state index is -0.187. The summed E-state index contributed by atoms with van der Waals surface area (Å²) >= 11 is 0. The van der Waals surface area contributed by atoms with E-state index in [4.69, 9.17) is 4.74 Å². The van der Waals surface area contributed by atoms with Crippen LogP contribution in [0.4, 0.5) is 0 Å². The second kappa shape index (κ2) is 7.35. The zero-order chi connectivity index (χ0) is 16.2. The summed E-state index contributed by atoms with van der Waals surface area (Å²) in [6, 6.07) is 4.60. The van der Waals surface area contributed by atoms with E-state index in [1.807, 2.05) is 6.92 Å². The summed E-state index contributed by atoms with van der Waals surface area (Å²) in [5.41, 5.74) is 4.00. The summed E-state index contributed by atoms with van der Waals surface area (Å²) < 4.78 is 5.53. The molecule has 0 unspecified atom stereocenters. The number of benzene rings is 1. The van der Waals surface area contributed by atoms with Gasteiger partial charge >= 0.3 is 0 Å². The van der Waals surface area contributed by atoms with E-state index in [1.54, 1.807) is 7.11 Å². The van der Waals surface area contributed by atoms with Crippen LogP contribution in [0.25, 0.3) is 0 Å². The molecule has 3 rings (SSSR count). The van der Waals surface area contributed by atoms with E-state index >= 15 is 0 Å². The van der Waals surface area contributed by atoms with Gasteiger partial charge in [0.2, 0.25) is 5.91 Å². The Hall–Kier alpha value is -1.55. The number of rotatable bonds is 6. The Bertz CT molecular complexity index is 565. The fourth-order valence-electron chi connectivity index (χ4n) is 3.73. The van der Waals surface area contributed by atoms with Gasteiger partial charge in [0.25, 0.3) is 0 Å². The predicted molar refractivity (Wildman–Crippen MR) is 91.7 cm³/mol. The van der Waals surface area contributed by atoms with Gasteiger partial charge in [0, 0.05) is 18.2 Å². The normalized spacial score (nSPS) is 18.7. The lowest BCUT2D eigenvalue weighted by molar-refractivity contribution is -0.123. The molecule has 0 aliphatic heterocycles. The van der Waals surface area contributed by atoms with E-state index in [9.17, 15) is 4.79 Å². The van der Waals surface area contributed by atoms with Gasteiger partial charge in [-0.05, 0) is 56.2 Å². The molecular weight excluding hydrogens is 288 g/mol. The van der Waals surface area contributed by atoms with E-state index < -0.39 is 0 Å². The predicted octanol–water partition coefficient (Wildman–Crippen LogP) is 2.72. The minimum absolute atomic E-state index is 0.108. The lowest BCUT2D eigenvalue weighted by Gasteiger charge is -2.19. The highest BCUT2D eigenvalue weighted by molar-refractivity contribution is 5.81. The van der Waals surface area contributed by atoms with E-state index in [2.05, 4.69) is 22.8 Å². The van der Waals surface area contributed by atoms with Gasteiger partial charge in [-0.3, -0.25) is 4.79 Å². The monoisotopic (exact) mass is 316 g/mol. The molecule has 2 N–H and O–H groups in total. The van der Waals surface area contributed by atoms with Crippen LogP contribution in [0.5, 0.6) is 5.75 Å². The number of carbonyl (C=O) groups excluding carboxylic acids is 1. The fraction of sp³-hybridized carbons (Fsp3) is 0.632. The van der Waals surface area contributed by atoms with Crippen molar-refractivity contribution >= 4 is 5.91 Å². The smallest absolute Gasteiger partial charge is 0.237 e. The van der Waals surface area contributed by atoms with Crippen molar-refractivity contribution < 1.29 is 9.53 Å². The van der Waals surface area contributed by atoms with Gasteiger partial charge in [0.05, 0.1) is 13.2 Å². The van der Waals surface area contributed by atoms with Crippen molar-refractivity contribution in [2.75, 3.05) is 7.11 Å². The van der Waals surface area contributed by atoms with Gasteiger partial charge in [0.15, 0.2) is 0 Å². The molecule has 1 amide bonds. The maximum absolute atomic E-state index is 12.3. The van der Waals surface area contributed by atoms with Crippen LogP contribution in [-0.4, -0.2) is 25.1 Å². The average Bonchev–Trinajstić information content (AvgIpc) is 3.22. The van der Waals surface area contributed by atoms with Crippen LogP contribution < -0.4 is 15.4 Å². The van der Waals surface area contributed by atoms with Gasteiger partial charge in [-0.2, -0.15) is 0 Å². The molecule has 0 spiro atoms. The molecule has 1 atom stereocenters. The maximum atomic E-state index is 12.3. The highest BCUT2D eigenvalue weighted by Gasteiger charge is 2.21. The molecule has 0 saturated heterocycles. The third-order valence-corrected chi connectivity index (χ3v) is 5.19. The van der Waals surface area contributed by atoms with Crippen molar-refractivity contribution in [1.29, 1.82) is 0 Å². The highest BCUT2D eigenvalue weighted by atomic mass is 16.5. The van der Waals surface area contributed by atoms with Crippen molar-refractivity contribution in [2.45, 2.75) is 70.5 Å². The van der Waals surface area contributed by atoms with Crippen molar-refractivity contribution in [3.63, 3.8) is 0 Å². The van der Waals surface area contributed by atoms with Crippen LogP contribution in [0.3, 0.4) is 0 Å². The van der Waals surface area contributed by atoms with E-state index in [-0.39, 0.29) is 11.9 Å². The lowest BCUT2D eigenvalue weighted by atomic mass is 10.0. The Kier molecular flexibility index (Phi) is 5.21. The maximum Gasteiger partial charge on any atom is 0.237 e. The standard InChI is InChI=1S/C19H28N2O2/c1-13(19(22)21-17-8-3-4-9-17)20-12-16-10-14-6-5-7-15(14)11-18(16)23-2/h10-11,13,17,20H,3-9,12H2,1-2H3,(H,21,22)/t13-/m1/s1. The molecule has 4 heteroatoms. The van der Waals surface area contributed by atoms with Crippen molar-refractivity contribution in [3.8, 4) is 5.75 Å². The van der Waals surface area contributed by atoms with Crippen LogP contribution in [0.2, 0.25) is 0 Å². The molecule has 1 saturated carbocycles. The second-order valence-electron chi connectivity index (χ2n) is 6.88. The first kappa shape index (κ1) is 16.3. The molecule has 0 radical (unpaired) electrons. The second-order valence-corrected chi connectivity index (χ2v) is 6.88. The van der Waals surface area contributed by atoms with E-state index in [0.717, 1.165) is 37.0 Å². The number of hydrogen-bond donors (Lipinski definition) is 2. The van der Waals surface area contributed by atoms with Crippen molar-refractivity contribution in [2.24, 2.45) is 0 Å². The Morgan fingerprint density at radius 2 is 1.91 bits per heavy atom. The SMILES string of the molecule is COc1cc2c(cc1CN[C@H](C)C(=O)NC1CCCC1)CCC2. The van der Waals surface area contributed by atoms with Crippen LogP contribution >= 0.6 is 0 Å². The molecule has 23 heavy (non-hydrogen) atoms. The number of carbonyl (C=O) groups is 1. The van der Waals surface area contributed by atoms with Gasteiger partial charge in [-0.15, -0.1) is 0 Å². The molecule has 0 heterocycles. The molecule has 2 aliphatic rings. The van der Waals surface area contributed by atoms with Gasteiger partial charge in [-0.25, -0.2) is 0 Å². The molecule has 126 valence electrons. The summed E-state index contributed by atoms with van der Waals surface area (Å²) in [5.74, 6) is 1.04. The Labute approximate surface area is 139 Å². The van der Waals surface area contributed by atoms with Gasteiger partial charge in [-0.1, -0.05) is 18.9 Å². The number of fused-ring (bicyclic) bond motifs is 1. The summed E-state index contributed by atoms with van der Waals surface area (Å²) in [5, 5.41) is 6.50. The molecule has 1 aromatic rings. The molecule has 0 bridgehead atoms. The largest absolute Gasteiger partial charge is 0.496 e. The summed E-state index contributed by atoms with van der Waals surface area (Å²) in [4.78, 5) is 12.3. The van der Waals surface area contributed by atoms with E-state index in [0.29, 0.717) is 12.6 Å². The van der Waals surface area contributed by atoms with Crippen LogP contribution in [-0.2, 0) is 24.2 Å². The summed E-state index contributed by atoms with van der Waals surface area (Å²) in [6.45, 7) is 2.60. The average molecular weight is 316 g/mol. The Morgan fingerprint density at radius 3 is 2.61 bits per heavy atom. The van der Waals surface area contributed by atoms with Crippen LogP contribution in [0.15, 0.2) is 12.1 Å². The zero-order valence-corrected chi connectivity index (χ0v) is 14.3. The van der Waals surface area contributed by atoms with Gasteiger partial charge in [0.1, 0.15) is 5.75 Å². The number of nitrogens with one attached hydrogen (secondary N) is 2. The summed E-state index contributed by atoms with van der Waals surface area (Å²) in [7, 11) is 1.72. The highest BCUT2D eigenvalue weighted by Crippen LogP contribution is 2.29. The number of ether oxygens (including phenoxy) is 1. The minimum Gasteiger partial charge on any atom is -0.496 e. The number of aryl methyl sites for hydroxylation is 2. The van der Waals surface area contributed by atoms with E-state index in [1.165, 1.54) is 30.4 Å². The first-order valence-electron chi connectivity index (χ1n) is 8.90. The number of amides is 1. The molecule has 2 aliphatic carbocycles. The molecular formula is C19H28N2O2. The summed E-state index contributed by atoms with van der Waals surface area (Å²) in [6.07, 6.45) is 8.26. The van der Waals surface area contributed by atoms with Crippen LogP contribution in [0.1, 0.15) is 55.7 Å². The Balaban J connectivity index is 1.57. The third kappa shape index (κ3) is 3.86. The Morgan fingerprint density at radius 1 is 1.22 bits per heavy atom. The topological polar surface area (TPSA) is 50.4 Å². The lowest BCUT2D eigenvalue weighted by Crippen LogP contribution is -2.45. The molecule has 1 aromatic carbocycles. The molecule has 4 nitrogen and oxygen atoms in total. The molecule has 0 aromatic heterocycles. The quantitative estimate of drug-likeness (QED) is 0.848. The molecule has 1 fully saturated rings. The van der Waals surface area contributed by atoms with Crippen LogP contribution in [0, 0.1) is 0 Å². The first-order valence-corrected chi connectivity index (χ1v) is 8.90. The van der Waals surface area contributed by atoms with Crippen molar-refractivity contribution in [1.82, 2.24) is 10.6 Å². The third-order valence-electron chi connectivity index (χ3n) is 5.19. The first-order chi connectivity index (χ1) is 11.2. The zero-order valence-electron chi connectivity index (χ0n) is 14.3. The van der Waals surface area contributed by atoms with Gasteiger partial charge < -0.3 is 15.4 Å². The number of methoxy groups -OCH3 is 1. The number of hydrogen-bond acceptors (Lipinski definition) is 3. The van der Waals surface area contributed by atoms with Crippen molar-refractivity contribution in [3.05, 3.63) is 28.8 Å². The fourth-order valence-corrected chi connectivity index (χ4v) is 3.73.